The van der Waals surface area contributed by atoms with Gasteiger partial charge in [-0.1, -0.05) is 218 Å². The fraction of sp³-hybridized carbons (Fsp3) is 0. The van der Waals surface area contributed by atoms with Crippen molar-refractivity contribution in [3.63, 3.8) is 0 Å². The van der Waals surface area contributed by atoms with Crippen molar-refractivity contribution in [3.05, 3.63) is 255 Å². The molecule has 2 nitrogen and oxygen atoms in total. The van der Waals surface area contributed by atoms with Crippen LogP contribution in [0.5, 0.6) is 0 Å². The number of benzene rings is 10. The molecule has 0 bridgehead atoms. The van der Waals surface area contributed by atoms with Crippen molar-refractivity contribution < 1.29 is 0 Å². The summed E-state index contributed by atoms with van der Waals surface area (Å²) in [6.45, 7) is 0. The van der Waals surface area contributed by atoms with Crippen molar-refractivity contribution in [1.82, 2.24) is 9.13 Å². The Morgan fingerprint density at radius 2 is 0.794 bits per heavy atom. The molecule has 0 N–H and O–H groups in total. The van der Waals surface area contributed by atoms with Gasteiger partial charge < -0.3 is 9.13 Å². The fourth-order valence-electron chi connectivity index (χ4n) is 10.4. The zero-order chi connectivity index (χ0) is 41.7. The highest BCUT2D eigenvalue weighted by Crippen LogP contribution is 2.44. The van der Waals surface area contributed by atoms with E-state index in [1.807, 2.05) is 0 Å². The van der Waals surface area contributed by atoms with Crippen LogP contribution in [0.15, 0.2) is 255 Å². The van der Waals surface area contributed by atoms with E-state index in [0.29, 0.717) is 0 Å². The van der Waals surface area contributed by atoms with Gasteiger partial charge in [0.25, 0.3) is 0 Å². The maximum atomic E-state index is 2.54. The number of fused-ring (bicyclic) bond motifs is 7. The molecule has 2 aromatic heterocycles. The Morgan fingerprint density at radius 3 is 1.41 bits per heavy atom. The molecule has 0 saturated heterocycles. The summed E-state index contributed by atoms with van der Waals surface area (Å²) in [5.74, 6) is 0. The smallest absolute Gasteiger partial charge is 0.179 e. The summed E-state index contributed by atoms with van der Waals surface area (Å²) in [4.78, 5) is 0. The number of aromatic nitrogens is 2. The van der Waals surface area contributed by atoms with Gasteiger partial charge in [-0.15, -0.1) is 0 Å². The largest absolute Gasteiger partial charge is 0.309 e. The third-order valence-electron chi connectivity index (χ3n) is 13.1. The Bertz CT molecular complexity index is 3480. The second kappa shape index (κ2) is 15.2. The Kier molecular flexibility index (Phi) is 8.87. The third-order valence-corrected chi connectivity index (χ3v) is 17.8. The van der Waals surface area contributed by atoms with Gasteiger partial charge in [-0.3, -0.25) is 0 Å². The molecule has 0 amide bonds. The first-order valence-electron chi connectivity index (χ1n) is 21.8. The van der Waals surface area contributed by atoms with Crippen LogP contribution < -0.4 is 20.7 Å². The number of rotatable bonds is 8. The molecule has 0 atom stereocenters. The van der Waals surface area contributed by atoms with Crippen LogP contribution in [-0.2, 0) is 0 Å². The van der Waals surface area contributed by atoms with Crippen molar-refractivity contribution in [2.45, 2.75) is 0 Å². The molecular formula is C60H42N2Si. The maximum Gasteiger partial charge on any atom is 0.179 e. The zero-order valence-electron chi connectivity index (χ0n) is 34.6. The van der Waals surface area contributed by atoms with E-state index >= 15 is 0 Å². The average Bonchev–Trinajstić information content (AvgIpc) is 3.88. The molecule has 0 saturated carbocycles. The molecule has 12 rings (SSSR count). The molecule has 0 fully saturated rings. The second-order valence-electron chi connectivity index (χ2n) is 16.4. The average molecular weight is 819 g/mol. The highest BCUT2D eigenvalue weighted by molar-refractivity contribution is 7.20. The molecule has 0 spiro atoms. The normalized spacial score (nSPS) is 11.8. The monoisotopic (exact) mass is 818 g/mol. The van der Waals surface area contributed by atoms with Gasteiger partial charge in [0.15, 0.2) is 8.07 Å². The molecule has 296 valence electrons. The van der Waals surface area contributed by atoms with Gasteiger partial charge in [0.05, 0.1) is 27.8 Å². The predicted octanol–water partition coefficient (Wildman–Crippen LogP) is 12.6. The van der Waals surface area contributed by atoms with Crippen molar-refractivity contribution in [2.24, 2.45) is 0 Å². The highest BCUT2D eigenvalue weighted by atomic mass is 28.3. The Hall–Kier alpha value is -7.98. The first kappa shape index (κ1) is 36.8. The molecule has 12 aromatic rings. The predicted molar refractivity (Wildman–Crippen MR) is 270 cm³/mol. The van der Waals surface area contributed by atoms with Gasteiger partial charge >= 0.3 is 0 Å². The molecule has 10 aromatic carbocycles. The number of hydrogen-bond acceptors (Lipinski definition) is 0. The van der Waals surface area contributed by atoms with Crippen molar-refractivity contribution in [2.75, 3.05) is 0 Å². The van der Waals surface area contributed by atoms with E-state index in [0.717, 1.165) is 11.4 Å². The SMILES string of the molecule is c1ccc(-c2ccc(-c3ccccc3)c(-n3c4ccccc4c4c3ccc3c5cc([Si](c6ccccc6)(c6ccccc6)c6ccccc6)ccc5n(-c5ccccc5)c34)c2)cc1. The molecule has 2 heterocycles. The molecule has 0 unspecified atom stereocenters. The molecule has 0 aliphatic heterocycles. The van der Waals surface area contributed by atoms with E-state index in [-0.39, 0.29) is 0 Å². The van der Waals surface area contributed by atoms with E-state index < -0.39 is 8.07 Å². The lowest BCUT2D eigenvalue weighted by Crippen LogP contribution is -2.74. The van der Waals surface area contributed by atoms with Crippen LogP contribution in [0, 0.1) is 0 Å². The standard InChI is InChI=1S/C60H42N2Si/c1-7-21-43(22-8-1)45-35-37-51(44-23-9-2-10-24-44)58(41-45)62-55-34-20-19-33-53(55)59-57(62)40-38-52-54-42-50(36-39-56(54)61(60(52)59)46-25-11-3-12-26-46)63(47-27-13-4-14-28-47,48-29-15-5-16-30-48)49-31-17-6-18-32-49/h1-42H. The Balaban J connectivity index is 1.21. The van der Waals surface area contributed by atoms with Crippen LogP contribution in [0.3, 0.4) is 0 Å². The minimum Gasteiger partial charge on any atom is -0.309 e. The van der Waals surface area contributed by atoms with Crippen molar-refractivity contribution in [1.29, 1.82) is 0 Å². The van der Waals surface area contributed by atoms with Crippen LogP contribution in [0.1, 0.15) is 0 Å². The zero-order valence-corrected chi connectivity index (χ0v) is 35.6. The lowest BCUT2D eigenvalue weighted by molar-refractivity contribution is 1.17. The first-order valence-corrected chi connectivity index (χ1v) is 23.8. The highest BCUT2D eigenvalue weighted by Gasteiger charge is 2.41. The lowest BCUT2D eigenvalue weighted by atomic mass is 9.98. The van der Waals surface area contributed by atoms with E-state index in [4.69, 9.17) is 0 Å². The number of hydrogen-bond donors (Lipinski definition) is 0. The van der Waals surface area contributed by atoms with Crippen LogP contribution >= 0.6 is 0 Å². The molecular weight excluding hydrogens is 777 g/mol. The van der Waals surface area contributed by atoms with Gasteiger partial charge in [0.2, 0.25) is 0 Å². The van der Waals surface area contributed by atoms with Gasteiger partial charge in [0, 0.05) is 32.8 Å². The summed E-state index contributed by atoms with van der Waals surface area (Å²) in [5.41, 5.74) is 11.8. The van der Waals surface area contributed by atoms with Gasteiger partial charge in [-0.25, -0.2) is 0 Å². The van der Waals surface area contributed by atoms with E-state index in [2.05, 4.69) is 264 Å². The van der Waals surface area contributed by atoms with Gasteiger partial charge in [-0.2, -0.15) is 0 Å². The van der Waals surface area contributed by atoms with Crippen LogP contribution in [0.4, 0.5) is 0 Å². The summed E-state index contributed by atoms with van der Waals surface area (Å²) >= 11 is 0. The van der Waals surface area contributed by atoms with Gasteiger partial charge in [0.1, 0.15) is 0 Å². The summed E-state index contributed by atoms with van der Waals surface area (Å²) in [6.07, 6.45) is 0. The molecule has 63 heavy (non-hydrogen) atoms. The van der Waals surface area contributed by atoms with Crippen molar-refractivity contribution in [3.8, 4) is 33.6 Å². The van der Waals surface area contributed by atoms with E-state index in [1.165, 1.54) is 86.6 Å². The summed E-state index contributed by atoms with van der Waals surface area (Å²) in [5, 5.41) is 10.4. The lowest BCUT2D eigenvalue weighted by Gasteiger charge is -2.34. The topological polar surface area (TPSA) is 9.86 Å². The van der Waals surface area contributed by atoms with Crippen LogP contribution in [0.2, 0.25) is 0 Å². The quantitative estimate of drug-likeness (QED) is 0.107. The molecule has 0 radical (unpaired) electrons. The first-order chi connectivity index (χ1) is 31.3. The summed E-state index contributed by atoms with van der Waals surface area (Å²) in [7, 11) is -2.80. The minimum atomic E-state index is -2.80. The van der Waals surface area contributed by atoms with Crippen LogP contribution in [-0.4, -0.2) is 17.2 Å². The second-order valence-corrected chi connectivity index (χ2v) is 20.2. The Morgan fingerprint density at radius 1 is 0.286 bits per heavy atom. The minimum absolute atomic E-state index is 1.14. The van der Waals surface area contributed by atoms with Crippen LogP contribution in [0.25, 0.3) is 77.2 Å². The summed E-state index contributed by atoms with van der Waals surface area (Å²) < 4.78 is 5.03. The number of nitrogens with zero attached hydrogens (tertiary/aromatic N) is 2. The van der Waals surface area contributed by atoms with Gasteiger partial charge in [-0.05, 0) is 73.8 Å². The van der Waals surface area contributed by atoms with Crippen molar-refractivity contribution >= 4 is 72.4 Å². The van der Waals surface area contributed by atoms with E-state index in [1.54, 1.807) is 0 Å². The third kappa shape index (κ3) is 5.85. The fourth-order valence-corrected chi connectivity index (χ4v) is 15.1. The van der Waals surface area contributed by atoms with E-state index in [9.17, 15) is 0 Å². The molecule has 3 heteroatoms. The summed E-state index contributed by atoms with van der Waals surface area (Å²) in [6, 6.07) is 94.2. The maximum absolute atomic E-state index is 2.80. The molecule has 0 aliphatic rings. The molecule has 0 aliphatic carbocycles. The Labute approximate surface area is 368 Å². The number of para-hydroxylation sites is 2.